The van der Waals surface area contributed by atoms with E-state index in [0.29, 0.717) is 5.92 Å². The second-order valence-electron chi connectivity index (χ2n) is 4.54. The van der Waals surface area contributed by atoms with Gasteiger partial charge in [-0.1, -0.05) is 20.3 Å². The van der Waals surface area contributed by atoms with Crippen molar-refractivity contribution in [1.29, 1.82) is 0 Å². The van der Waals surface area contributed by atoms with E-state index in [-0.39, 0.29) is 10.7 Å². The number of hydrogen-bond donors (Lipinski definition) is 1. The quantitative estimate of drug-likeness (QED) is 0.680. The molecule has 0 aromatic rings. The maximum absolute atomic E-state index is 9.54. The van der Waals surface area contributed by atoms with Gasteiger partial charge in [-0.2, -0.15) is 0 Å². The second-order valence-corrected chi connectivity index (χ2v) is 4.91. The molecule has 1 aliphatic rings. The fourth-order valence-electron chi connectivity index (χ4n) is 2.41. The van der Waals surface area contributed by atoms with Crippen molar-refractivity contribution in [3.63, 3.8) is 0 Å². The standard InChI is InChI=1S/C11H21NOS/c1-4-11(3)9(2)7-5-6-8-12(11)10(13)14/h9H,4-8H2,1-3H3,(H,13,14). The molecule has 1 fully saturated rings. The minimum atomic E-state index is 0.0440. The number of aliphatic hydroxyl groups is 1. The minimum Gasteiger partial charge on any atom is -0.486 e. The van der Waals surface area contributed by atoms with Crippen molar-refractivity contribution in [3.05, 3.63) is 0 Å². The van der Waals surface area contributed by atoms with Gasteiger partial charge < -0.3 is 10.0 Å². The van der Waals surface area contributed by atoms with Crippen LogP contribution in [0.3, 0.4) is 0 Å². The van der Waals surface area contributed by atoms with E-state index in [1.54, 1.807) is 0 Å². The highest BCUT2D eigenvalue weighted by Gasteiger charge is 2.38. The monoisotopic (exact) mass is 215 g/mol. The summed E-state index contributed by atoms with van der Waals surface area (Å²) in [7, 11) is 0. The maximum Gasteiger partial charge on any atom is 0.257 e. The lowest BCUT2D eigenvalue weighted by atomic mass is 9.81. The van der Waals surface area contributed by atoms with Crippen molar-refractivity contribution >= 4 is 17.4 Å². The number of likely N-dealkylation sites (tertiary alicyclic amines) is 1. The van der Waals surface area contributed by atoms with E-state index in [2.05, 4.69) is 20.8 Å². The molecule has 2 unspecified atom stereocenters. The lowest BCUT2D eigenvalue weighted by Crippen LogP contribution is -2.52. The molecule has 0 aromatic carbocycles. The van der Waals surface area contributed by atoms with Crippen molar-refractivity contribution in [2.75, 3.05) is 6.54 Å². The first-order chi connectivity index (χ1) is 6.52. The van der Waals surface area contributed by atoms with Crippen LogP contribution in [-0.2, 0) is 0 Å². The van der Waals surface area contributed by atoms with Crippen LogP contribution in [0.1, 0.15) is 46.5 Å². The van der Waals surface area contributed by atoms with Gasteiger partial charge in [-0.25, -0.2) is 0 Å². The van der Waals surface area contributed by atoms with Crippen molar-refractivity contribution in [2.45, 2.75) is 52.0 Å². The number of aliphatic hydroxyl groups excluding tert-OH is 1. The third-order valence-electron chi connectivity index (χ3n) is 3.89. The molecule has 2 atom stereocenters. The summed E-state index contributed by atoms with van der Waals surface area (Å²) >= 11 is 4.93. The first-order valence-corrected chi connectivity index (χ1v) is 5.93. The van der Waals surface area contributed by atoms with Crippen molar-refractivity contribution in [3.8, 4) is 0 Å². The smallest absolute Gasteiger partial charge is 0.257 e. The molecule has 0 spiro atoms. The number of hydrogen-bond acceptors (Lipinski definition) is 1. The molecule has 1 saturated heterocycles. The normalized spacial score (nSPS) is 33.9. The van der Waals surface area contributed by atoms with Crippen LogP contribution in [0, 0.1) is 5.92 Å². The Morgan fingerprint density at radius 2 is 2.21 bits per heavy atom. The zero-order chi connectivity index (χ0) is 10.8. The molecular weight excluding hydrogens is 194 g/mol. The third-order valence-corrected chi connectivity index (χ3v) is 4.11. The Balaban J connectivity index is 2.92. The van der Waals surface area contributed by atoms with Crippen LogP contribution in [0.25, 0.3) is 0 Å². The summed E-state index contributed by atoms with van der Waals surface area (Å²) in [4.78, 5) is 2.01. The van der Waals surface area contributed by atoms with Gasteiger partial charge >= 0.3 is 0 Å². The van der Waals surface area contributed by atoms with Crippen LogP contribution in [0.5, 0.6) is 0 Å². The molecule has 1 rings (SSSR count). The highest BCUT2D eigenvalue weighted by molar-refractivity contribution is 7.79. The zero-order valence-corrected chi connectivity index (χ0v) is 10.2. The van der Waals surface area contributed by atoms with Crippen LogP contribution in [0.4, 0.5) is 0 Å². The van der Waals surface area contributed by atoms with Gasteiger partial charge in [0, 0.05) is 12.1 Å². The first kappa shape index (κ1) is 11.8. The van der Waals surface area contributed by atoms with Gasteiger partial charge in [-0.3, -0.25) is 0 Å². The molecule has 3 heteroatoms. The molecule has 1 heterocycles. The Bertz CT molecular complexity index is 219. The Kier molecular flexibility index (Phi) is 3.76. The average Bonchev–Trinajstić information content (AvgIpc) is 2.28. The summed E-state index contributed by atoms with van der Waals surface area (Å²) in [6, 6.07) is 0. The fourth-order valence-corrected chi connectivity index (χ4v) is 2.71. The summed E-state index contributed by atoms with van der Waals surface area (Å²) in [5.41, 5.74) is 0.0440. The van der Waals surface area contributed by atoms with Gasteiger partial charge in [0.15, 0.2) is 0 Å². The Morgan fingerprint density at radius 1 is 1.57 bits per heavy atom. The summed E-state index contributed by atoms with van der Waals surface area (Å²) in [5, 5.41) is 9.62. The molecule has 1 aliphatic heterocycles. The van der Waals surface area contributed by atoms with E-state index in [0.717, 1.165) is 19.4 Å². The summed E-state index contributed by atoms with van der Waals surface area (Å²) in [6.45, 7) is 7.56. The van der Waals surface area contributed by atoms with Gasteiger partial charge in [0.05, 0.1) is 0 Å². The van der Waals surface area contributed by atoms with E-state index in [1.807, 2.05) is 4.90 Å². The van der Waals surface area contributed by atoms with Gasteiger partial charge in [0.1, 0.15) is 0 Å². The maximum atomic E-state index is 9.54. The third kappa shape index (κ3) is 2.02. The summed E-state index contributed by atoms with van der Waals surface area (Å²) < 4.78 is 0. The number of nitrogens with zero attached hydrogens (tertiary/aromatic N) is 1. The van der Waals surface area contributed by atoms with E-state index in [1.165, 1.54) is 12.8 Å². The van der Waals surface area contributed by atoms with E-state index in [9.17, 15) is 5.11 Å². The van der Waals surface area contributed by atoms with Crippen molar-refractivity contribution in [1.82, 2.24) is 4.90 Å². The van der Waals surface area contributed by atoms with E-state index in [4.69, 9.17) is 12.2 Å². The molecule has 0 aromatic heterocycles. The predicted molar refractivity (Wildman–Crippen MR) is 63.6 cm³/mol. The lowest BCUT2D eigenvalue weighted by molar-refractivity contribution is 0.113. The Hall–Kier alpha value is -0.310. The first-order valence-electron chi connectivity index (χ1n) is 5.53. The SMILES string of the molecule is CCC1(C)C(C)CCCCN1C(O)=S. The Morgan fingerprint density at radius 3 is 2.71 bits per heavy atom. The highest BCUT2D eigenvalue weighted by atomic mass is 32.1. The minimum absolute atomic E-state index is 0.0440. The lowest BCUT2D eigenvalue weighted by Gasteiger charge is -2.43. The highest BCUT2D eigenvalue weighted by Crippen LogP contribution is 2.34. The molecule has 14 heavy (non-hydrogen) atoms. The molecule has 1 N–H and O–H groups in total. The zero-order valence-electron chi connectivity index (χ0n) is 9.42. The summed E-state index contributed by atoms with van der Waals surface area (Å²) in [6.07, 6.45) is 4.66. The topological polar surface area (TPSA) is 23.5 Å². The summed E-state index contributed by atoms with van der Waals surface area (Å²) in [5.74, 6) is 0.597. The average molecular weight is 215 g/mol. The molecule has 0 bridgehead atoms. The molecule has 0 amide bonds. The van der Waals surface area contributed by atoms with Gasteiger partial charge in [-0.05, 0) is 44.3 Å². The number of rotatable bonds is 1. The second kappa shape index (κ2) is 4.47. The molecule has 82 valence electrons. The van der Waals surface area contributed by atoms with Gasteiger partial charge in [0.25, 0.3) is 5.17 Å². The molecular formula is C11H21NOS. The van der Waals surface area contributed by atoms with Crippen molar-refractivity contribution < 1.29 is 5.11 Å². The van der Waals surface area contributed by atoms with Crippen LogP contribution in [0.2, 0.25) is 0 Å². The van der Waals surface area contributed by atoms with Crippen LogP contribution >= 0.6 is 12.2 Å². The number of thiocarbonyl (C=S) groups is 1. The van der Waals surface area contributed by atoms with Gasteiger partial charge in [0.2, 0.25) is 0 Å². The van der Waals surface area contributed by atoms with E-state index >= 15 is 0 Å². The van der Waals surface area contributed by atoms with E-state index < -0.39 is 0 Å². The van der Waals surface area contributed by atoms with Crippen LogP contribution in [-0.4, -0.2) is 27.3 Å². The van der Waals surface area contributed by atoms with Crippen molar-refractivity contribution in [2.24, 2.45) is 5.92 Å². The molecule has 0 radical (unpaired) electrons. The fraction of sp³-hybridized carbons (Fsp3) is 0.909. The Labute approximate surface area is 92.3 Å². The van der Waals surface area contributed by atoms with Crippen LogP contribution in [0.15, 0.2) is 0 Å². The largest absolute Gasteiger partial charge is 0.486 e. The molecule has 0 aliphatic carbocycles. The van der Waals surface area contributed by atoms with Crippen LogP contribution < -0.4 is 0 Å². The molecule has 0 saturated carbocycles. The molecule has 2 nitrogen and oxygen atoms in total. The van der Waals surface area contributed by atoms with Gasteiger partial charge in [-0.15, -0.1) is 0 Å². The predicted octanol–water partition coefficient (Wildman–Crippen LogP) is 3.12.